The lowest BCUT2D eigenvalue weighted by atomic mass is 9.81. The van der Waals surface area contributed by atoms with Crippen LogP contribution >= 0.6 is 0 Å². The van der Waals surface area contributed by atoms with E-state index in [0.717, 1.165) is 25.9 Å². The molecule has 15 heavy (non-hydrogen) atoms. The van der Waals surface area contributed by atoms with Crippen LogP contribution in [-0.4, -0.2) is 25.0 Å². The molecule has 3 nitrogen and oxygen atoms in total. The number of hydrogen-bond acceptors (Lipinski definition) is 2. The molecule has 1 rings (SSSR count). The van der Waals surface area contributed by atoms with Crippen molar-refractivity contribution >= 4 is 5.91 Å². The molecule has 2 atom stereocenters. The third kappa shape index (κ3) is 3.24. The summed E-state index contributed by atoms with van der Waals surface area (Å²) in [5.74, 6) is 2.68. The van der Waals surface area contributed by atoms with Crippen LogP contribution in [-0.2, 0) is 4.79 Å². The lowest BCUT2D eigenvalue weighted by Crippen LogP contribution is -2.50. The molecule has 0 aromatic heterocycles. The van der Waals surface area contributed by atoms with E-state index < -0.39 is 0 Å². The number of carbonyl (C=O) groups is 1. The Morgan fingerprint density at radius 1 is 1.73 bits per heavy atom. The van der Waals surface area contributed by atoms with Crippen LogP contribution in [0.4, 0.5) is 0 Å². The molecule has 0 aliphatic carbocycles. The average Bonchev–Trinajstić information content (AvgIpc) is 2.19. The van der Waals surface area contributed by atoms with Crippen molar-refractivity contribution in [3.63, 3.8) is 0 Å². The van der Waals surface area contributed by atoms with Crippen LogP contribution in [0.3, 0.4) is 0 Å². The molecule has 0 spiro atoms. The molecule has 1 aliphatic rings. The van der Waals surface area contributed by atoms with E-state index in [9.17, 15) is 4.79 Å². The second-order valence-corrected chi connectivity index (χ2v) is 4.62. The minimum Gasteiger partial charge on any atom is -0.352 e. The molecule has 1 saturated heterocycles. The van der Waals surface area contributed by atoms with E-state index in [1.165, 1.54) is 0 Å². The van der Waals surface area contributed by atoms with Gasteiger partial charge in [-0.15, -0.1) is 12.3 Å². The molecule has 1 heterocycles. The summed E-state index contributed by atoms with van der Waals surface area (Å²) in [7, 11) is 0. The van der Waals surface area contributed by atoms with Gasteiger partial charge in [0, 0.05) is 19.0 Å². The van der Waals surface area contributed by atoms with Crippen molar-refractivity contribution in [3.05, 3.63) is 0 Å². The Balaban J connectivity index is 2.48. The van der Waals surface area contributed by atoms with Gasteiger partial charge in [0.15, 0.2) is 0 Å². The van der Waals surface area contributed by atoms with Crippen molar-refractivity contribution in [1.29, 1.82) is 0 Å². The molecule has 0 aromatic carbocycles. The number of terminal acetylenes is 1. The predicted octanol–water partition coefficient (Wildman–Crippen LogP) is 0.904. The number of nitrogens with one attached hydrogen (secondary N) is 2. The largest absolute Gasteiger partial charge is 0.352 e. The molecule has 0 saturated carbocycles. The molecule has 0 aromatic rings. The van der Waals surface area contributed by atoms with Crippen molar-refractivity contribution in [3.8, 4) is 12.3 Å². The monoisotopic (exact) mass is 208 g/mol. The Kier molecular flexibility index (Phi) is 4.16. The van der Waals surface area contributed by atoms with Crippen LogP contribution in [0.1, 0.15) is 33.1 Å². The highest BCUT2D eigenvalue weighted by atomic mass is 16.2. The van der Waals surface area contributed by atoms with E-state index in [-0.39, 0.29) is 17.4 Å². The second-order valence-electron chi connectivity index (χ2n) is 4.62. The van der Waals surface area contributed by atoms with Crippen LogP contribution in [0.5, 0.6) is 0 Å². The molecule has 84 valence electrons. The van der Waals surface area contributed by atoms with Gasteiger partial charge in [-0.1, -0.05) is 0 Å². The number of amides is 1. The normalized spacial score (nSPS) is 27.8. The van der Waals surface area contributed by atoms with Crippen molar-refractivity contribution in [2.75, 3.05) is 13.1 Å². The highest BCUT2D eigenvalue weighted by Gasteiger charge is 2.34. The smallest absolute Gasteiger partial charge is 0.227 e. The second kappa shape index (κ2) is 5.18. The number of rotatable bonds is 3. The molecular formula is C12H20N2O. The van der Waals surface area contributed by atoms with Crippen LogP contribution < -0.4 is 10.6 Å². The minimum absolute atomic E-state index is 0.0706. The number of hydrogen-bond donors (Lipinski definition) is 2. The fourth-order valence-corrected chi connectivity index (χ4v) is 1.88. The number of piperidine rings is 1. The van der Waals surface area contributed by atoms with Gasteiger partial charge in [0.25, 0.3) is 0 Å². The SMILES string of the molecule is C#CCC(C)NC(=O)C1(C)CCCNC1. The Morgan fingerprint density at radius 3 is 3.00 bits per heavy atom. The maximum atomic E-state index is 12.0. The van der Waals surface area contributed by atoms with Crippen LogP contribution in [0.25, 0.3) is 0 Å². The van der Waals surface area contributed by atoms with E-state index in [0.29, 0.717) is 6.42 Å². The Bertz CT molecular complexity index is 261. The fraction of sp³-hybridized carbons (Fsp3) is 0.750. The van der Waals surface area contributed by atoms with Gasteiger partial charge in [0.05, 0.1) is 5.41 Å². The van der Waals surface area contributed by atoms with E-state index in [1.807, 2.05) is 13.8 Å². The lowest BCUT2D eigenvalue weighted by Gasteiger charge is -2.33. The zero-order valence-electron chi connectivity index (χ0n) is 9.60. The summed E-state index contributed by atoms with van der Waals surface area (Å²) < 4.78 is 0. The van der Waals surface area contributed by atoms with Crippen LogP contribution in [0.2, 0.25) is 0 Å². The highest BCUT2D eigenvalue weighted by molar-refractivity contribution is 5.82. The molecule has 1 aliphatic heterocycles. The minimum atomic E-state index is -0.263. The van der Waals surface area contributed by atoms with Gasteiger partial charge in [-0.2, -0.15) is 0 Å². The molecule has 0 bridgehead atoms. The Morgan fingerprint density at radius 2 is 2.47 bits per heavy atom. The van der Waals surface area contributed by atoms with Gasteiger partial charge in [-0.3, -0.25) is 4.79 Å². The predicted molar refractivity (Wildman–Crippen MR) is 61.3 cm³/mol. The maximum Gasteiger partial charge on any atom is 0.227 e. The van der Waals surface area contributed by atoms with Crippen molar-refractivity contribution in [1.82, 2.24) is 10.6 Å². The van der Waals surface area contributed by atoms with Gasteiger partial charge in [0.2, 0.25) is 5.91 Å². The topological polar surface area (TPSA) is 41.1 Å². The summed E-state index contributed by atoms with van der Waals surface area (Å²) in [6, 6.07) is 0.0706. The summed E-state index contributed by atoms with van der Waals surface area (Å²) in [5.41, 5.74) is -0.263. The van der Waals surface area contributed by atoms with E-state index in [1.54, 1.807) is 0 Å². The fourth-order valence-electron chi connectivity index (χ4n) is 1.88. The van der Waals surface area contributed by atoms with Gasteiger partial charge in [-0.05, 0) is 33.2 Å². The first kappa shape index (κ1) is 12.1. The first-order chi connectivity index (χ1) is 7.08. The molecule has 2 unspecified atom stereocenters. The van der Waals surface area contributed by atoms with E-state index in [2.05, 4.69) is 16.6 Å². The van der Waals surface area contributed by atoms with Crippen molar-refractivity contribution in [2.45, 2.75) is 39.2 Å². The van der Waals surface area contributed by atoms with Crippen LogP contribution in [0, 0.1) is 17.8 Å². The van der Waals surface area contributed by atoms with Crippen molar-refractivity contribution in [2.24, 2.45) is 5.41 Å². The summed E-state index contributed by atoms with van der Waals surface area (Å²) in [4.78, 5) is 12.0. The van der Waals surface area contributed by atoms with E-state index >= 15 is 0 Å². The molecule has 1 fully saturated rings. The quantitative estimate of drug-likeness (QED) is 0.677. The highest BCUT2D eigenvalue weighted by Crippen LogP contribution is 2.25. The first-order valence-corrected chi connectivity index (χ1v) is 5.53. The summed E-state index contributed by atoms with van der Waals surface area (Å²) >= 11 is 0. The molecule has 1 amide bonds. The van der Waals surface area contributed by atoms with E-state index in [4.69, 9.17) is 6.42 Å². The number of carbonyl (C=O) groups excluding carboxylic acids is 1. The average molecular weight is 208 g/mol. The molecule has 0 radical (unpaired) electrons. The standard InChI is InChI=1S/C12H20N2O/c1-4-6-10(2)14-11(15)12(3)7-5-8-13-9-12/h1,10,13H,5-9H2,2-3H3,(H,14,15). The summed E-state index contributed by atoms with van der Waals surface area (Å²) in [6.07, 6.45) is 7.81. The maximum absolute atomic E-state index is 12.0. The lowest BCUT2D eigenvalue weighted by molar-refractivity contribution is -0.131. The summed E-state index contributed by atoms with van der Waals surface area (Å²) in [6.45, 7) is 5.73. The van der Waals surface area contributed by atoms with Gasteiger partial charge < -0.3 is 10.6 Å². The zero-order chi connectivity index (χ0) is 11.3. The van der Waals surface area contributed by atoms with Gasteiger partial charge in [0.1, 0.15) is 0 Å². The summed E-state index contributed by atoms with van der Waals surface area (Å²) in [5, 5.41) is 6.23. The first-order valence-electron chi connectivity index (χ1n) is 5.53. The van der Waals surface area contributed by atoms with Gasteiger partial charge in [-0.25, -0.2) is 0 Å². The van der Waals surface area contributed by atoms with Crippen LogP contribution in [0.15, 0.2) is 0 Å². The Labute approximate surface area is 92.0 Å². The molecule has 3 heteroatoms. The van der Waals surface area contributed by atoms with Gasteiger partial charge >= 0.3 is 0 Å². The third-order valence-electron chi connectivity index (χ3n) is 2.95. The third-order valence-corrected chi connectivity index (χ3v) is 2.95. The molecular weight excluding hydrogens is 188 g/mol. The Hall–Kier alpha value is -1.01. The zero-order valence-corrected chi connectivity index (χ0v) is 9.60. The molecule has 2 N–H and O–H groups in total. The van der Waals surface area contributed by atoms with Crippen molar-refractivity contribution < 1.29 is 4.79 Å².